The molecule has 10 nitrogen and oxygen atoms in total. The zero-order chi connectivity index (χ0) is 22.3. The van der Waals surface area contributed by atoms with Crippen molar-refractivity contribution in [2.45, 2.75) is 39.7 Å². The number of hydrogen-bond acceptors (Lipinski definition) is 8. The minimum atomic E-state index is -3.89. The van der Waals surface area contributed by atoms with E-state index in [2.05, 4.69) is 4.98 Å². The van der Waals surface area contributed by atoms with Crippen molar-refractivity contribution >= 4 is 13.6 Å². The number of hydrogen-bond donors (Lipinski definition) is 1. The van der Waals surface area contributed by atoms with Crippen molar-refractivity contribution in [2.75, 3.05) is 6.61 Å². The van der Waals surface area contributed by atoms with E-state index in [0.29, 0.717) is 28.0 Å². The van der Waals surface area contributed by atoms with Gasteiger partial charge in [0, 0.05) is 22.9 Å². The molecule has 0 aliphatic carbocycles. The number of phosphoric acid groups is 1. The Morgan fingerprint density at radius 3 is 2.77 bits per heavy atom. The number of rotatable bonds is 5. The number of aryl methyl sites for hydroxylation is 2. The standard InChI is InChI=1S/C20H21N2O8P/c1-11-6-14(13(3)23)7-15-9-27-31(26,30-18(11)15)28-10-16-4-5-17(29-16)22-8-12(2)19(24)21-20(22)25/h4-8,16-17H,9-10H2,1-3H3,(H,21,24,25)/t16-,17+,31?/m0/s1. The number of nitrogens with zero attached hydrogens (tertiary/aromatic N) is 1. The van der Waals surface area contributed by atoms with Gasteiger partial charge < -0.3 is 9.26 Å². The molecule has 0 spiro atoms. The van der Waals surface area contributed by atoms with Crippen molar-refractivity contribution in [3.05, 3.63) is 73.6 Å². The summed E-state index contributed by atoms with van der Waals surface area (Å²) < 4.78 is 36.2. The van der Waals surface area contributed by atoms with E-state index < -0.39 is 31.4 Å². The number of H-pyrrole nitrogens is 1. The summed E-state index contributed by atoms with van der Waals surface area (Å²) >= 11 is 0. The highest BCUT2D eigenvalue weighted by molar-refractivity contribution is 7.49. The molecule has 0 fully saturated rings. The average molecular weight is 448 g/mol. The Bertz CT molecular complexity index is 1240. The molecule has 0 amide bonds. The first-order valence-electron chi connectivity index (χ1n) is 9.54. The molecule has 4 rings (SSSR count). The molecule has 2 aliphatic rings. The zero-order valence-electron chi connectivity index (χ0n) is 17.1. The van der Waals surface area contributed by atoms with E-state index >= 15 is 0 Å². The van der Waals surface area contributed by atoms with Crippen molar-refractivity contribution in [1.29, 1.82) is 0 Å². The Labute approximate surface area is 177 Å². The number of aromatic amines is 1. The Balaban J connectivity index is 1.42. The molecule has 2 aromatic rings. The smallest absolute Gasteiger partial charge is 0.403 e. The molecular formula is C20H21N2O8P. The third kappa shape index (κ3) is 4.33. The Kier molecular flexibility index (Phi) is 5.57. The van der Waals surface area contributed by atoms with E-state index in [1.54, 1.807) is 38.1 Å². The van der Waals surface area contributed by atoms with Crippen molar-refractivity contribution in [2.24, 2.45) is 0 Å². The number of benzene rings is 1. The molecule has 2 aliphatic heterocycles. The summed E-state index contributed by atoms with van der Waals surface area (Å²) in [6.07, 6.45) is 3.35. The highest BCUT2D eigenvalue weighted by Gasteiger charge is 2.37. The van der Waals surface area contributed by atoms with Crippen molar-refractivity contribution in [1.82, 2.24) is 9.55 Å². The van der Waals surface area contributed by atoms with Crippen molar-refractivity contribution in [3.8, 4) is 5.75 Å². The molecule has 0 saturated heterocycles. The number of carbonyl (C=O) groups excluding carboxylic acids is 1. The fourth-order valence-corrected chi connectivity index (χ4v) is 4.61. The normalized spacial score (nSPS) is 24.6. The van der Waals surface area contributed by atoms with Crippen LogP contribution in [-0.2, 0) is 25.0 Å². The Morgan fingerprint density at radius 1 is 1.26 bits per heavy atom. The fraction of sp³-hybridized carbons (Fsp3) is 0.350. The second-order valence-electron chi connectivity index (χ2n) is 7.37. The summed E-state index contributed by atoms with van der Waals surface area (Å²) in [5.41, 5.74) is 1.09. The van der Waals surface area contributed by atoms with Crippen LogP contribution in [0.1, 0.15) is 40.2 Å². The number of nitrogens with one attached hydrogen (secondary N) is 1. The molecule has 164 valence electrons. The van der Waals surface area contributed by atoms with Gasteiger partial charge in [-0.25, -0.2) is 9.36 Å². The molecule has 1 aromatic carbocycles. The van der Waals surface area contributed by atoms with Crippen LogP contribution in [0.2, 0.25) is 0 Å². The van der Waals surface area contributed by atoms with E-state index in [1.807, 2.05) is 0 Å². The lowest BCUT2D eigenvalue weighted by molar-refractivity contribution is -0.0130. The topological polar surface area (TPSA) is 126 Å². The molecule has 11 heteroatoms. The summed E-state index contributed by atoms with van der Waals surface area (Å²) in [6.45, 7) is 4.63. The van der Waals surface area contributed by atoms with E-state index in [-0.39, 0.29) is 19.0 Å². The van der Waals surface area contributed by atoms with Gasteiger partial charge in [0.1, 0.15) is 11.9 Å². The third-order valence-electron chi connectivity index (χ3n) is 4.96. The van der Waals surface area contributed by atoms with Gasteiger partial charge in [-0.2, -0.15) is 0 Å². The second kappa shape index (κ2) is 8.05. The van der Waals surface area contributed by atoms with Crippen LogP contribution in [0.3, 0.4) is 0 Å². The van der Waals surface area contributed by atoms with E-state index in [9.17, 15) is 18.9 Å². The van der Waals surface area contributed by atoms with Crippen molar-refractivity contribution in [3.63, 3.8) is 0 Å². The molecular weight excluding hydrogens is 427 g/mol. The minimum Gasteiger partial charge on any atom is -0.403 e. The second-order valence-corrected chi connectivity index (χ2v) is 8.97. The SMILES string of the molecule is CC(=O)c1cc(C)c2c(c1)COP(=O)(OC[C@@H]1C=C[C@H](n3cc(C)c(=O)[nH]c3=O)O1)O2. The van der Waals surface area contributed by atoms with Gasteiger partial charge in [0.25, 0.3) is 5.56 Å². The first-order valence-corrected chi connectivity index (χ1v) is 11.0. The van der Waals surface area contributed by atoms with Gasteiger partial charge in [0.2, 0.25) is 0 Å². The molecule has 3 atom stereocenters. The van der Waals surface area contributed by atoms with E-state index in [1.165, 1.54) is 17.7 Å². The number of ketones is 1. The number of ether oxygens (including phenoxy) is 1. The first kappa shape index (κ1) is 21.5. The molecule has 3 heterocycles. The first-order chi connectivity index (χ1) is 14.6. The maximum atomic E-state index is 12.9. The zero-order valence-corrected chi connectivity index (χ0v) is 18.0. The number of fused-ring (bicyclic) bond motifs is 1. The molecule has 31 heavy (non-hydrogen) atoms. The van der Waals surface area contributed by atoms with Gasteiger partial charge in [-0.3, -0.25) is 28.2 Å². The molecule has 1 aromatic heterocycles. The average Bonchev–Trinajstić information content (AvgIpc) is 3.18. The summed E-state index contributed by atoms with van der Waals surface area (Å²) in [6, 6.07) is 3.31. The lowest BCUT2D eigenvalue weighted by Gasteiger charge is -2.27. The Hall–Kier alpha value is -2.78. The largest absolute Gasteiger partial charge is 0.530 e. The molecule has 0 radical (unpaired) electrons. The van der Waals surface area contributed by atoms with E-state index in [4.69, 9.17) is 18.3 Å². The maximum absolute atomic E-state index is 12.9. The van der Waals surface area contributed by atoms with Gasteiger partial charge in [-0.05, 0) is 44.5 Å². The summed E-state index contributed by atoms with van der Waals surface area (Å²) in [4.78, 5) is 37.4. The maximum Gasteiger partial charge on any atom is 0.530 e. The third-order valence-corrected chi connectivity index (χ3v) is 6.28. The summed E-state index contributed by atoms with van der Waals surface area (Å²) in [5, 5.41) is 0. The number of Topliss-reactive ketones (excluding diaryl/α,β-unsaturated/α-hetero) is 1. The molecule has 1 unspecified atom stereocenters. The van der Waals surface area contributed by atoms with Gasteiger partial charge in [-0.15, -0.1) is 0 Å². The van der Waals surface area contributed by atoms with Crippen LogP contribution in [-0.4, -0.2) is 28.0 Å². The molecule has 0 saturated carbocycles. The highest BCUT2D eigenvalue weighted by atomic mass is 31.2. The monoisotopic (exact) mass is 448 g/mol. The van der Waals surface area contributed by atoms with Crippen LogP contribution in [0.15, 0.2) is 40.1 Å². The van der Waals surface area contributed by atoms with Crippen LogP contribution in [0.25, 0.3) is 0 Å². The fourth-order valence-electron chi connectivity index (χ4n) is 3.32. The Morgan fingerprint density at radius 2 is 2.03 bits per heavy atom. The van der Waals surface area contributed by atoms with Crippen LogP contribution in [0.4, 0.5) is 0 Å². The van der Waals surface area contributed by atoms with Crippen LogP contribution in [0, 0.1) is 13.8 Å². The van der Waals surface area contributed by atoms with E-state index in [0.717, 1.165) is 0 Å². The lowest BCUT2D eigenvalue weighted by atomic mass is 10.0. The number of carbonyl (C=O) groups is 1. The number of aromatic nitrogens is 2. The van der Waals surface area contributed by atoms with Gasteiger partial charge in [0.05, 0.1) is 13.2 Å². The van der Waals surface area contributed by atoms with Gasteiger partial charge in [0.15, 0.2) is 12.0 Å². The van der Waals surface area contributed by atoms with Crippen LogP contribution in [0.5, 0.6) is 5.75 Å². The quantitative estimate of drug-likeness (QED) is 0.420. The minimum absolute atomic E-state index is 0.0232. The predicted molar refractivity (Wildman–Crippen MR) is 109 cm³/mol. The summed E-state index contributed by atoms with van der Waals surface area (Å²) in [7, 11) is -3.89. The van der Waals surface area contributed by atoms with Crippen LogP contribution < -0.4 is 15.8 Å². The predicted octanol–water partition coefficient (Wildman–Crippen LogP) is 2.54. The van der Waals surface area contributed by atoms with Crippen molar-refractivity contribution < 1.29 is 27.7 Å². The molecule has 0 bridgehead atoms. The van der Waals surface area contributed by atoms with Crippen LogP contribution >= 0.6 is 7.82 Å². The lowest BCUT2D eigenvalue weighted by Crippen LogP contribution is -2.33. The molecule has 1 N–H and O–H groups in total. The highest BCUT2D eigenvalue weighted by Crippen LogP contribution is 2.55. The number of phosphoric ester groups is 1. The summed E-state index contributed by atoms with van der Waals surface area (Å²) in [5.74, 6) is 0.281. The van der Waals surface area contributed by atoms with Gasteiger partial charge >= 0.3 is 13.5 Å². The van der Waals surface area contributed by atoms with Gasteiger partial charge in [-0.1, -0.05) is 6.08 Å².